The molecule has 0 N–H and O–H groups in total. The summed E-state index contributed by atoms with van der Waals surface area (Å²) in [5.41, 5.74) is -3.20. The maximum absolute atomic E-state index is 12.8. The molecule has 7 nitrogen and oxygen atoms in total. The lowest BCUT2D eigenvalue weighted by molar-refractivity contribution is -0.195. The quantitative estimate of drug-likeness (QED) is 0.256. The Bertz CT molecular complexity index is 587. The monoisotopic (exact) mass is 478 g/mol. The highest BCUT2D eigenvalue weighted by Gasteiger charge is 2.41. The minimum absolute atomic E-state index is 0.0695. The van der Waals surface area contributed by atoms with Gasteiger partial charge in [-0.25, -0.2) is 4.79 Å². The molecule has 0 spiro atoms. The fourth-order valence-corrected chi connectivity index (χ4v) is 3.45. The summed E-state index contributed by atoms with van der Waals surface area (Å²) in [6, 6.07) is 0. The molecule has 0 rings (SSSR count). The van der Waals surface area contributed by atoms with E-state index < -0.39 is 28.6 Å². The van der Waals surface area contributed by atoms with Crippen molar-refractivity contribution in [2.45, 2.75) is 105 Å². The molecule has 1 unspecified atom stereocenters. The van der Waals surface area contributed by atoms with Gasteiger partial charge in [0.25, 0.3) is 0 Å². The predicted molar refractivity (Wildman–Crippen MR) is 129 cm³/mol. The molecule has 0 heterocycles. The summed E-state index contributed by atoms with van der Waals surface area (Å²) in [6.07, 6.45) is 1.37. The van der Waals surface area contributed by atoms with Crippen LogP contribution in [0.2, 0.25) is 0 Å². The second-order valence-corrected chi connectivity index (χ2v) is 10.9. The molecule has 0 aliphatic rings. The van der Waals surface area contributed by atoms with Gasteiger partial charge in [-0.1, -0.05) is 0 Å². The number of carbonyl (C=O) groups is 2. The van der Waals surface area contributed by atoms with Crippen LogP contribution in [0.25, 0.3) is 0 Å². The standard InChI is InChI=1S/C24H46O7S/c1-11-27-20(26)24(10,16-28-18(2)3)17-29-19(25)23(8,9)31-22(6,7)12-14-30-21(4,5)13-15-32/h18,32H,11-17H2,1-10H3. The van der Waals surface area contributed by atoms with Crippen molar-refractivity contribution in [3.05, 3.63) is 0 Å². The summed E-state index contributed by atoms with van der Waals surface area (Å²) < 4.78 is 28.4. The molecule has 0 bridgehead atoms. The van der Waals surface area contributed by atoms with Gasteiger partial charge in [0.15, 0.2) is 5.60 Å². The summed E-state index contributed by atoms with van der Waals surface area (Å²) in [7, 11) is 0. The number of ether oxygens (including phenoxy) is 5. The molecular weight excluding hydrogens is 432 g/mol. The van der Waals surface area contributed by atoms with Gasteiger partial charge in [0.05, 0.1) is 37.1 Å². The fourth-order valence-electron chi connectivity index (χ4n) is 2.91. The van der Waals surface area contributed by atoms with E-state index in [1.54, 1.807) is 27.7 Å². The van der Waals surface area contributed by atoms with Crippen LogP contribution >= 0.6 is 12.6 Å². The SMILES string of the molecule is CCOC(=O)C(C)(COC(=O)C(C)(C)OC(C)(C)CCOC(C)(C)CCS)COC(C)C. The Labute approximate surface area is 200 Å². The molecule has 0 aromatic rings. The van der Waals surface area contributed by atoms with Gasteiger partial charge in [-0.2, -0.15) is 12.6 Å². The highest BCUT2D eigenvalue weighted by atomic mass is 32.1. The van der Waals surface area contributed by atoms with Gasteiger partial charge < -0.3 is 23.7 Å². The molecule has 1 atom stereocenters. The van der Waals surface area contributed by atoms with E-state index in [0.29, 0.717) is 13.0 Å². The van der Waals surface area contributed by atoms with Crippen LogP contribution in [0.5, 0.6) is 0 Å². The molecule has 190 valence electrons. The molecule has 0 aliphatic carbocycles. The first kappa shape index (κ1) is 31.2. The van der Waals surface area contributed by atoms with Crippen molar-refractivity contribution in [2.24, 2.45) is 5.41 Å². The zero-order valence-electron chi connectivity index (χ0n) is 21.8. The van der Waals surface area contributed by atoms with Gasteiger partial charge in [0.2, 0.25) is 0 Å². The minimum atomic E-state index is -1.21. The molecule has 0 aliphatic heterocycles. The van der Waals surface area contributed by atoms with Crippen molar-refractivity contribution in [2.75, 3.05) is 32.2 Å². The van der Waals surface area contributed by atoms with Gasteiger partial charge in [-0.05, 0) is 87.8 Å². The third-order valence-corrected chi connectivity index (χ3v) is 5.18. The van der Waals surface area contributed by atoms with E-state index in [0.717, 1.165) is 12.2 Å². The molecular formula is C24H46O7S. The first-order chi connectivity index (χ1) is 14.5. The van der Waals surface area contributed by atoms with Crippen LogP contribution in [0.15, 0.2) is 0 Å². The molecule has 0 fully saturated rings. The summed E-state index contributed by atoms with van der Waals surface area (Å²) in [6.45, 7) is 19.0. The highest BCUT2D eigenvalue weighted by Crippen LogP contribution is 2.28. The fraction of sp³-hybridized carbons (Fsp3) is 0.917. The summed E-state index contributed by atoms with van der Waals surface area (Å²) in [5.74, 6) is -0.269. The van der Waals surface area contributed by atoms with E-state index in [2.05, 4.69) is 12.6 Å². The third kappa shape index (κ3) is 11.9. The first-order valence-electron chi connectivity index (χ1n) is 11.4. The highest BCUT2D eigenvalue weighted by molar-refractivity contribution is 7.80. The van der Waals surface area contributed by atoms with Crippen molar-refractivity contribution in [3.8, 4) is 0 Å². The summed E-state index contributed by atoms with van der Waals surface area (Å²) in [5, 5.41) is 0. The van der Waals surface area contributed by atoms with Gasteiger partial charge in [-0.15, -0.1) is 0 Å². The van der Waals surface area contributed by atoms with Gasteiger partial charge >= 0.3 is 11.9 Å². The number of carbonyl (C=O) groups excluding carboxylic acids is 2. The topological polar surface area (TPSA) is 80.3 Å². The molecule has 0 saturated heterocycles. The molecule has 0 aromatic carbocycles. The lowest BCUT2D eigenvalue weighted by atomic mass is 9.93. The van der Waals surface area contributed by atoms with Crippen molar-refractivity contribution < 1.29 is 33.3 Å². The van der Waals surface area contributed by atoms with Crippen LogP contribution in [-0.4, -0.2) is 67.0 Å². The Kier molecular flexibility index (Phi) is 12.8. The van der Waals surface area contributed by atoms with E-state index >= 15 is 0 Å². The Balaban J connectivity index is 4.99. The average molecular weight is 479 g/mol. The minimum Gasteiger partial charge on any atom is -0.465 e. The van der Waals surface area contributed by atoms with Gasteiger partial charge in [0.1, 0.15) is 12.0 Å². The smallest absolute Gasteiger partial charge is 0.337 e. The Morgan fingerprint density at radius 2 is 1.44 bits per heavy atom. The van der Waals surface area contributed by atoms with Crippen LogP contribution in [-0.2, 0) is 33.3 Å². The molecule has 0 aromatic heterocycles. The maximum Gasteiger partial charge on any atom is 0.337 e. The first-order valence-corrected chi connectivity index (χ1v) is 12.0. The molecule has 8 heteroatoms. The third-order valence-electron chi connectivity index (χ3n) is 4.96. The molecule has 0 radical (unpaired) electrons. The van der Waals surface area contributed by atoms with E-state index in [4.69, 9.17) is 23.7 Å². The number of hydrogen-bond acceptors (Lipinski definition) is 8. The van der Waals surface area contributed by atoms with Crippen molar-refractivity contribution in [1.82, 2.24) is 0 Å². The molecule has 32 heavy (non-hydrogen) atoms. The van der Waals surface area contributed by atoms with Gasteiger partial charge in [0, 0.05) is 0 Å². The van der Waals surface area contributed by atoms with Crippen molar-refractivity contribution >= 4 is 24.6 Å². The van der Waals surface area contributed by atoms with E-state index in [1.165, 1.54) is 0 Å². The molecule has 0 amide bonds. The van der Waals surface area contributed by atoms with Crippen molar-refractivity contribution in [1.29, 1.82) is 0 Å². The van der Waals surface area contributed by atoms with E-state index in [9.17, 15) is 9.59 Å². The lowest BCUT2D eigenvalue weighted by Crippen LogP contribution is -2.47. The van der Waals surface area contributed by atoms with E-state index in [-0.39, 0.29) is 31.5 Å². The van der Waals surface area contributed by atoms with Crippen LogP contribution < -0.4 is 0 Å². The molecule has 0 saturated carbocycles. The number of hydrogen-bond donors (Lipinski definition) is 1. The largest absolute Gasteiger partial charge is 0.465 e. The number of rotatable bonds is 16. The van der Waals surface area contributed by atoms with Crippen molar-refractivity contribution in [3.63, 3.8) is 0 Å². The Hall–Kier alpha value is -0.830. The number of esters is 2. The number of thiol groups is 1. The van der Waals surface area contributed by atoms with Crippen LogP contribution in [0, 0.1) is 5.41 Å². The zero-order valence-corrected chi connectivity index (χ0v) is 22.7. The second kappa shape index (κ2) is 13.2. The second-order valence-electron chi connectivity index (χ2n) is 10.4. The Morgan fingerprint density at radius 1 is 0.844 bits per heavy atom. The predicted octanol–water partition coefficient (Wildman–Crippen LogP) is 4.60. The zero-order chi connectivity index (χ0) is 25.2. The van der Waals surface area contributed by atoms with Crippen LogP contribution in [0.1, 0.15) is 82.1 Å². The summed E-state index contributed by atoms with van der Waals surface area (Å²) >= 11 is 4.27. The average Bonchev–Trinajstić information content (AvgIpc) is 2.63. The van der Waals surface area contributed by atoms with Crippen LogP contribution in [0.4, 0.5) is 0 Å². The summed E-state index contributed by atoms with van der Waals surface area (Å²) in [4.78, 5) is 25.3. The lowest BCUT2D eigenvalue weighted by Gasteiger charge is -2.36. The Morgan fingerprint density at radius 3 is 1.94 bits per heavy atom. The van der Waals surface area contributed by atoms with Crippen LogP contribution in [0.3, 0.4) is 0 Å². The van der Waals surface area contributed by atoms with Gasteiger partial charge in [-0.3, -0.25) is 4.79 Å². The maximum atomic E-state index is 12.8. The van der Waals surface area contributed by atoms with E-state index in [1.807, 2.05) is 41.5 Å². The normalized spacial score (nSPS) is 14.9.